The maximum atomic E-state index is 5.87. The zero-order valence-corrected chi connectivity index (χ0v) is 9.19. The highest BCUT2D eigenvalue weighted by atomic mass is 35.5. The summed E-state index contributed by atoms with van der Waals surface area (Å²) in [5.41, 5.74) is 6.52. The van der Waals surface area contributed by atoms with Gasteiger partial charge >= 0.3 is 0 Å². The van der Waals surface area contributed by atoms with Gasteiger partial charge < -0.3 is 10.5 Å². The summed E-state index contributed by atoms with van der Waals surface area (Å²) in [6, 6.07) is 7.46. The first kappa shape index (κ1) is 10.9. The molecule has 1 aromatic carbocycles. The molecule has 5 heteroatoms. The molecule has 0 aliphatic carbocycles. The van der Waals surface area contributed by atoms with Gasteiger partial charge in [0, 0.05) is 6.54 Å². The van der Waals surface area contributed by atoms with E-state index in [0.29, 0.717) is 23.2 Å². The van der Waals surface area contributed by atoms with Crippen LogP contribution in [0.2, 0.25) is 5.02 Å². The number of nitrogens with zero attached hydrogens (tertiary/aromatic N) is 2. The molecule has 2 N–H and O–H groups in total. The van der Waals surface area contributed by atoms with Crippen LogP contribution in [0.15, 0.2) is 36.8 Å². The molecule has 0 atom stereocenters. The van der Waals surface area contributed by atoms with Crippen LogP contribution >= 0.6 is 11.6 Å². The molecule has 0 radical (unpaired) electrons. The van der Waals surface area contributed by atoms with Crippen LogP contribution in [0.25, 0.3) is 0 Å². The Morgan fingerprint density at radius 1 is 1.38 bits per heavy atom. The molecule has 16 heavy (non-hydrogen) atoms. The van der Waals surface area contributed by atoms with Crippen LogP contribution in [-0.4, -0.2) is 9.97 Å². The predicted molar refractivity (Wildman–Crippen MR) is 61.4 cm³/mol. The van der Waals surface area contributed by atoms with E-state index in [4.69, 9.17) is 22.1 Å². The molecule has 0 aliphatic rings. The second kappa shape index (κ2) is 4.92. The van der Waals surface area contributed by atoms with Crippen LogP contribution in [0.3, 0.4) is 0 Å². The summed E-state index contributed by atoms with van der Waals surface area (Å²) in [7, 11) is 0. The van der Waals surface area contributed by atoms with Crippen molar-refractivity contribution in [3.63, 3.8) is 0 Å². The van der Waals surface area contributed by atoms with Crippen LogP contribution in [0.5, 0.6) is 11.6 Å². The largest absolute Gasteiger partial charge is 0.437 e. The van der Waals surface area contributed by atoms with E-state index >= 15 is 0 Å². The highest BCUT2D eigenvalue weighted by Crippen LogP contribution is 2.25. The molecule has 0 saturated carbocycles. The van der Waals surface area contributed by atoms with Crippen LogP contribution in [0, 0.1) is 0 Å². The number of nitrogens with two attached hydrogens (primary N) is 1. The average Bonchev–Trinajstić information content (AvgIpc) is 2.32. The zero-order chi connectivity index (χ0) is 11.4. The lowest BCUT2D eigenvalue weighted by atomic mass is 10.2. The summed E-state index contributed by atoms with van der Waals surface area (Å²) < 4.78 is 5.51. The number of aromatic nitrogens is 2. The number of ether oxygens (including phenoxy) is 1. The van der Waals surface area contributed by atoms with Crippen molar-refractivity contribution in [2.75, 3.05) is 0 Å². The molecule has 82 valence electrons. The maximum absolute atomic E-state index is 5.87. The SMILES string of the molecule is NCc1cccc(Oc2ncncc2Cl)c1. The molecule has 2 aromatic rings. The smallest absolute Gasteiger partial charge is 0.241 e. The Labute approximate surface area is 98.0 Å². The van der Waals surface area contributed by atoms with E-state index in [1.807, 2.05) is 24.3 Å². The minimum absolute atomic E-state index is 0.339. The van der Waals surface area contributed by atoms with Gasteiger partial charge in [-0.2, -0.15) is 0 Å². The van der Waals surface area contributed by atoms with Crippen LogP contribution in [0.1, 0.15) is 5.56 Å². The molecule has 4 nitrogen and oxygen atoms in total. The van der Waals surface area contributed by atoms with Crippen molar-refractivity contribution in [1.29, 1.82) is 0 Å². The van der Waals surface area contributed by atoms with Gasteiger partial charge in [0.15, 0.2) is 0 Å². The molecule has 0 bridgehead atoms. The van der Waals surface area contributed by atoms with Gasteiger partial charge in [0.25, 0.3) is 0 Å². The summed E-state index contributed by atoms with van der Waals surface area (Å²) >= 11 is 5.87. The second-order valence-electron chi connectivity index (χ2n) is 3.13. The van der Waals surface area contributed by atoms with Crippen molar-refractivity contribution >= 4 is 11.6 Å². The number of hydrogen-bond donors (Lipinski definition) is 1. The fourth-order valence-corrected chi connectivity index (χ4v) is 1.37. The molecule has 0 amide bonds. The summed E-state index contributed by atoms with van der Waals surface area (Å²) in [5, 5.41) is 0.376. The normalized spacial score (nSPS) is 10.1. The van der Waals surface area contributed by atoms with Crippen molar-refractivity contribution in [2.24, 2.45) is 5.73 Å². The Morgan fingerprint density at radius 3 is 3.00 bits per heavy atom. The van der Waals surface area contributed by atoms with Crippen molar-refractivity contribution in [3.8, 4) is 11.6 Å². The van der Waals surface area contributed by atoms with E-state index in [9.17, 15) is 0 Å². The zero-order valence-electron chi connectivity index (χ0n) is 8.43. The first-order valence-electron chi connectivity index (χ1n) is 4.72. The van der Waals surface area contributed by atoms with Gasteiger partial charge in [-0.1, -0.05) is 23.7 Å². The van der Waals surface area contributed by atoms with E-state index in [0.717, 1.165) is 5.56 Å². The van der Waals surface area contributed by atoms with E-state index in [2.05, 4.69) is 9.97 Å². The average molecular weight is 236 g/mol. The minimum Gasteiger partial charge on any atom is -0.437 e. The first-order chi connectivity index (χ1) is 7.79. The standard InChI is InChI=1S/C11H10ClN3O/c12-10-6-14-7-15-11(10)16-9-3-1-2-8(4-9)5-13/h1-4,6-7H,5,13H2. The lowest BCUT2D eigenvalue weighted by molar-refractivity contribution is 0.461. The molecule has 1 heterocycles. The number of halogens is 1. The monoisotopic (exact) mass is 235 g/mol. The fourth-order valence-electron chi connectivity index (χ4n) is 1.22. The summed E-state index contributed by atoms with van der Waals surface area (Å²) in [4.78, 5) is 7.71. The molecule has 0 unspecified atom stereocenters. The number of benzene rings is 1. The Morgan fingerprint density at radius 2 is 2.25 bits per heavy atom. The molecule has 1 aromatic heterocycles. The molecule has 0 saturated heterocycles. The van der Waals surface area contributed by atoms with Gasteiger partial charge in [-0.15, -0.1) is 0 Å². The van der Waals surface area contributed by atoms with Gasteiger partial charge in [0.05, 0.1) is 6.20 Å². The number of rotatable bonds is 3. The van der Waals surface area contributed by atoms with Crippen molar-refractivity contribution < 1.29 is 4.74 Å². The predicted octanol–water partition coefficient (Wildman–Crippen LogP) is 2.38. The highest BCUT2D eigenvalue weighted by Gasteiger charge is 2.04. The third-order valence-corrected chi connectivity index (χ3v) is 2.24. The van der Waals surface area contributed by atoms with Crippen LogP contribution < -0.4 is 10.5 Å². The lowest BCUT2D eigenvalue weighted by Gasteiger charge is -2.06. The van der Waals surface area contributed by atoms with Gasteiger partial charge in [-0.05, 0) is 17.7 Å². The van der Waals surface area contributed by atoms with Gasteiger partial charge in [-0.3, -0.25) is 0 Å². The molecule has 0 aliphatic heterocycles. The van der Waals surface area contributed by atoms with Gasteiger partial charge in [0.2, 0.25) is 5.88 Å². The second-order valence-corrected chi connectivity index (χ2v) is 3.54. The van der Waals surface area contributed by atoms with Gasteiger partial charge in [-0.25, -0.2) is 9.97 Å². The van der Waals surface area contributed by atoms with E-state index in [-0.39, 0.29) is 0 Å². The third-order valence-electron chi connectivity index (χ3n) is 1.98. The molecular formula is C11H10ClN3O. The quantitative estimate of drug-likeness (QED) is 0.887. The van der Waals surface area contributed by atoms with E-state index in [1.54, 1.807) is 0 Å². The minimum atomic E-state index is 0.339. The summed E-state index contributed by atoms with van der Waals surface area (Å²) in [6.45, 7) is 0.467. The molecule has 0 spiro atoms. The lowest BCUT2D eigenvalue weighted by Crippen LogP contribution is -1.96. The first-order valence-corrected chi connectivity index (χ1v) is 5.10. The third kappa shape index (κ3) is 2.48. The Hall–Kier alpha value is -1.65. The van der Waals surface area contributed by atoms with Crippen LogP contribution in [-0.2, 0) is 6.54 Å². The Balaban J connectivity index is 2.24. The van der Waals surface area contributed by atoms with Crippen LogP contribution in [0.4, 0.5) is 0 Å². The molecule has 0 fully saturated rings. The number of hydrogen-bond acceptors (Lipinski definition) is 4. The summed E-state index contributed by atoms with van der Waals surface area (Å²) in [6.07, 6.45) is 2.87. The summed E-state index contributed by atoms with van der Waals surface area (Å²) in [5.74, 6) is 0.995. The Kier molecular flexibility index (Phi) is 3.34. The van der Waals surface area contributed by atoms with E-state index in [1.165, 1.54) is 12.5 Å². The highest BCUT2D eigenvalue weighted by molar-refractivity contribution is 6.31. The molecular weight excluding hydrogens is 226 g/mol. The topological polar surface area (TPSA) is 61.0 Å². The molecule has 2 rings (SSSR count). The Bertz CT molecular complexity index is 490. The van der Waals surface area contributed by atoms with Crippen molar-refractivity contribution in [3.05, 3.63) is 47.4 Å². The van der Waals surface area contributed by atoms with Crippen molar-refractivity contribution in [2.45, 2.75) is 6.54 Å². The van der Waals surface area contributed by atoms with E-state index < -0.39 is 0 Å². The fraction of sp³-hybridized carbons (Fsp3) is 0.0909. The van der Waals surface area contributed by atoms with Gasteiger partial charge in [0.1, 0.15) is 17.1 Å². The maximum Gasteiger partial charge on any atom is 0.241 e. The van der Waals surface area contributed by atoms with Crippen molar-refractivity contribution in [1.82, 2.24) is 9.97 Å².